The molecule has 1 N–H and O–H groups in total. The molecule has 7 heteroatoms. The minimum absolute atomic E-state index is 0.0373. The fraction of sp³-hybridized carbons (Fsp3) is 0.250. The van der Waals surface area contributed by atoms with E-state index in [2.05, 4.69) is 6.58 Å². The molecule has 6 nitrogen and oxygen atoms in total. The largest absolute Gasteiger partial charge is 0.478 e. The van der Waals surface area contributed by atoms with Crippen molar-refractivity contribution in [3.63, 3.8) is 0 Å². The van der Waals surface area contributed by atoms with Crippen molar-refractivity contribution in [1.29, 1.82) is 0 Å². The topological polar surface area (TPSA) is 83.7 Å². The Hall–Kier alpha value is -2.08. The highest BCUT2D eigenvalue weighted by Crippen LogP contribution is 2.34. The fourth-order valence-corrected chi connectivity index (χ4v) is 2.04. The molecule has 1 aromatic rings. The summed E-state index contributed by atoms with van der Waals surface area (Å²) in [5.41, 5.74) is -0.272. The molecule has 0 aromatic heterocycles. The second-order valence-electron chi connectivity index (χ2n) is 3.71. The van der Waals surface area contributed by atoms with Crippen molar-refractivity contribution < 1.29 is 14.8 Å². The second-order valence-corrected chi connectivity index (χ2v) is 4.12. The van der Waals surface area contributed by atoms with Crippen molar-refractivity contribution in [3.8, 4) is 0 Å². The standard InChI is InChI=1S/C12H13ClN2O4/c1-3-5-14(4-2)11-9(12(16)17)6-8(15(18)19)7-10(11)13/h3,6-7H,1,4-5H2,2H3,(H,16,17). The maximum absolute atomic E-state index is 11.2. The smallest absolute Gasteiger partial charge is 0.338 e. The van der Waals surface area contributed by atoms with E-state index >= 15 is 0 Å². The molecule has 0 atom stereocenters. The van der Waals surface area contributed by atoms with Crippen LogP contribution in [0.5, 0.6) is 0 Å². The van der Waals surface area contributed by atoms with E-state index in [-0.39, 0.29) is 22.0 Å². The maximum Gasteiger partial charge on any atom is 0.338 e. The van der Waals surface area contributed by atoms with Crippen molar-refractivity contribution in [2.24, 2.45) is 0 Å². The van der Waals surface area contributed by atoms with Gasteiger partial charge < -0.3 is 10.0 Å². The summed E-state index contributed by atoms with van der Waals surface area (Å²) >= 11 is 5.99. The molecule has 1 aromatic carbocycles. The minimum atomic E-state index is -1.26. The summed E-state index contributed by atoms with van der Waals surface area (Å²) < 4.78 is 0. The summed E-state index contributed by atoms with van der Waals surface area (Å²) in [6.07, 6.45) is 1.60. The number of non-ortho nitro benzene ring substituents is 1. The molecular formula is C12H13ClN2O4. The van der Waals surface area contributed by atoms with Gasteiger partial charge in [-0.15, -0.1) is 6.58 Å². The number of carbonyl (C=O) groups is 1. The first-order valence-corrected chi connectivity index (χ1v) is 5.87. The summed E-state index contributed by atoms with van der Waals surface area (Å²) in [5.74, 6) is -1.26. The molecule has 0 bridgehead atoms. The van der Waals surface area contributed by atoms with Crippen LogP contribution in [0.15, 0.2) is 24.8 Å². The molecule has 102 valence electrons. The van der Waals surface area contributed by atoms with Gasteiger partial charge in [0.15, 0.2) is 0 Å². The molecule has 0 saturated carbocycles. The van der Waals surface area contributed by atoms with E-state index in [4.69, 9.17) is 11.6 Å². The minimum Gasteiger partial charge on any atom is -0.478 e. The maximum atomic E-state index is 11.2. The van der Waals surface area contributed by atoms with Crippen molar-refractivity contribution >= 4 is 28.9 Å². The Morgan fingerprint density at radius 1 is 1.63 bits per heavy atom. The van der Waals surface area contributed by atoms with Gasteiger partial charge in [-0.05, 0) is 6.92 Å². The highest BCUT2D eigenvalue weighted by molar-refractivity contribution is 6.34. The lowest BCUT2D eigenvalue weighted by Crippen LogP contribution is -2.25. The van der Waals surface area contributed by atoms with Crippen LogP contribution in [0.2, 0.25) is 5.02 Å². The van der Waals surface area contributed by atoms with Gasteiger partial charge in [0.1, 0.15) is 0 Å². The molecule has 19 heavy (non-hydrogen) atoms. The molecule has 0 heterocycles. The fourth-order valence-electron chi connectivity index (χ4n) is 1.71. The Labute approximate surface area is 115 Å². The molecule has 0 amide bonds. The number of benzene rings is 1. The van der Waals surface area contributed by atoms with Crippen molar-refractivity contribution in [2.75, 3.05) is 18.0 Å². The summed E-state index contributed by atoms with van der Waals surface area (Å²) in [6.45, 7) is 6.31. The number of likely N-dealkylation sites (N-methyl/N-ethyl adjacent to an activating group) is 1. The Balaban J connectivity index is 3.48. The van der Waals surface area contributed by atoms with E-state index in [1.54, 1.807) is 11.0 Å². The molecule has 0 radical (unpaired) electrons. The van der Waals surface area contributed by atoms with Gasteiger partial charge in [0.05, 0.1) is 21.2 Å². The molecule has 0 unspecified atom stereocenters. The third-order valence-corrected chi connectivity index (χ3v) is 2.82. The van der Waals surface area contributed by atoms with E-state index in [1.807, 2.05) is 6.92 Å². The van der Waals surface area contributed by atoms with E-state index < -0.39 is 10.9 Å². The van der Waals surface area contributed by atoms with Crippen molar-refractivity contribution in [1.82, 2.24) is 0 Å². The van der Waals surface area contributed by atoms with Crippen LogP contribution >= 0.6 is 11.6 Å². The summed E-state index contributed by atoms with van der Waals surface area (Å²) in [6, 6.07) is 2.16. The van der Waals surface area contributed by atoms with Crippen LogP contribution in [0.3, 0.4) is 0 Å². The summed E-state index contributed by atoms with van der Waals surface area (Å²) in [7, 11) is 0. The number of hydrogen-bond acceptors (Lipinski definition) is 4. The van der Waals surface area contributed by atoms with Crippen molar-refractivity contribution in [2.45, 2.75) is 6.92 Å². The molecule has 0 saturated heterocycles. The van der Waals surface area contributed by atoms with Gasteiger partial charge >= 0.3 is 5.97 Å². The van der Waals surface area contributed by atoms with E-state index in [0.29, 0.717) is 13.1 Å². The number of halogens is 1. The van der Waals surface area contributed by atoms with Crippen LogP contribution in [-0.2, 0) is 0 Å². The number of anilines is 1. The quantitative estimate of drug-likeness (QED) is 0.493. The summed E-state index contributed by atoms with van der Waals surface area (Å²) in [4.78, 5) is 23.0. The zero-order chi connectivity index (χ0) is 14.6. The Morgan fingerprint density at radius 2 is 2.26 bits per heavy atom. The van der Waals surface area contributed by atoms with Gasteiger partial charge in [-0.25, -0.2) is 4.79 Å². The van der Waals surface area contributed by atoms with Gasteiger partial charge in [-0.2, -0.15) is 0 Å². The first kappa shape index (κ1) is 15.0. The van der Waals surface area contributed by atoms with Gasteiger partial charge in [0.25, 0.3) is 5.69 Å². The van der Waals surface area contributed by atoms with E-state index in [9.17, 15) is 20.0 Å². The molecule has 0 aliphatic carbocycles. The van der Waals surface area contributed by atoms with Gasteiger partial charge in [0, 0.05) is 25.2 Å². The molecular weight excluding hydrogens is 272 g/mol. The average molecular weight is 285 g/mol. The third kappa shape index (κ3) is 3.23. The summed E-state index contributed by atoms with van der Waals surface area (Å²) in [5, 5.41) is 19.9. The van der Waals surface area contributed by atoms with Crippen LogP contribution in [0, 0.1) is 10.1 Å². The third-order valence-electron chi connectivity index (χ3n) is 2.54. The zero-order valence-corrected chi connectivity index (χ0v) is 11.1. The number of hydrogen-bond donors (Lipinski definition) is 1. The zero-order valence-electron chi connectivity index (χ0n) is 10.3. The van der Waals surface area contributed by atoms with Crippen LogP contribution < -0.4 is 4.90 Å². The predicted octanol–water partition coefficient (Wildman–Crippen LogP) is 2.96. The van der Waals surface area contributed by atoms with Crippen LogP contribution in [-0.4, -0.2) is 29.1 Å². The highest BCUT2D eigenvalue weighted by Gasteiger charge is 2.22. The first-order chi connectivity index (χ1) is 8.92. The number of carboxylic acid groups (broad SMARTS) is 1. The number of nitrogens with zero attached hydrogens (tertiary/aromatic N) is 2. The van der Waals surface area contributed by atoms with E-state index in [1.165, 1.54) is 0 Å². The van der Waals surface area contributed by atoms with E-state index in [0.717, 1.165) is 12.1 Å². The Kier molecular flexibility index (Phi) is 4.88. The lowest BCUT2D eigenvalue weighted by molar-refractivity contribution is -0.384. The van der Waals surface area contributed by atoms with Gasteiger partial charge in [-0.3, -0.25) is 10.1 Å². The molecule has 0 aliphatic heterocycles. The second kappa shape index (κ2) is 6.19. The number of nitro groups is 1. The normalized spacial score (nSPS) is 10.0. The van der Waals surface area contributed by atoms with Gasteiger partial charge in [0.2, 0.25) is 0 Å². The van der Waals surface area contributed by atoms with Crippen LogP contribution in [0.4, 0.5) is 11.4 Å². The first-order valence-electron chi connectivity index (χ1n) is 5.49. The lowest BCUT2D eigenvalue weighted by Gasteiger charge is -2.24. The molecule has 0 aliphatic rings. The Bertz CT molecular complexity index is 531. The molecule has 0 spiro atoms. The Morgan fingerprint density at radius 3 is 2.68 bits per heavy atom. The molecule has 0 fully saturated rings. The van der Waals surface area contributed by atoms with Crippen LogP contribution in [0.1, 0.15) is 17.3 Å². The predicted molar refractivity (Wildman–Crippen MR) is 73.1 cm³/mol. The van der Waals surface area contributed by atoms with Crippen LogP contribution in [0.25, 0.3) is 0 Å². The number of aromatic carboxylic acids is 1. The molecule has 1 rings (SSSR count). The monoisotopic (exact) mass is 284 g/mol. The van der Waals surface area contributed by atoms with Crippen molar-refractivity contribution in [3.05, 3.63) is 45.5 Å². The van der Waals surface area contributed by atoms with Gasteiger partial charge in [-0.1, -0.05) is 17.7 Å². The average Bonchev–Trinajstić information content (AvgIpc) is 2.35. The lowest BCUT2D eigenvalue weighted by atomic mass is 10.1. The number of rotatable bonds is 6. The highest BCUT2D eigenvalue weighted by atomic mass is 35.5. The SMILES string of the molecule is C=CCN(CC)c1c(Cl)cc([N+](=O)[O-])cc1C(=O)O. The number of nitro benzene ring substituents is 1. The number of carboxylic acids is 1.